The number of aromatic carboxylic acids is 1. The summed E-state index contributed by atoms with van der Waals surface area (Å²) in [6.07, 6.45) is 0. The van der Waals surface area contributed by atoms with Gasteiger partial charge in [-0.3, -0.25) is 0 Å². The van der Waals surface area contributed by atoms with Crippen molar-refractivity contribution in [1.29, 1.82) is 0 Å². The SMILES string of the molecule is COc1cc(C(=O)O)c(C)cc1C. The van der Waals surface area contributed by atoms with Crippen molar-refractivity contribution in [3.05, 3.63) is 28.8 Å². The first-order valence-electron chi connectivity index (χ1n) is 3.94. The van der Waals surface area contributed by atoms with Crippen LogP contribution in [0.15, 0.2) is 12.1 Å². The molecule has 3 nitrogen and oxygen atoms in total. The summed E-state index contributed by atoms with van der Waals surface area (Å²) in [6, 6.07) is 3.36. The van der Waals surface area contributed by atoms with Gasteiger partial charge in [-0.2, -0.15) is 0 Å². The van der Waals surface area contributed by atoms with Crippen LogP contribution in [-0.2, 0) is 0 Å². The van der Waals surface area contributed by atoms with E-state index in [1.54, 1.807) is 13.0 Å². The van der Waals surface area contributed by atoms with Crippen LogP contribution in [0, 0.1) is 13.8 Å². The fourth-order valence-electron chi connectivity index (χ4n) is 1.28. The van der Waals surface area contributed by atoms with Crippen molar-refractivity contribution in [2.24, 2.45) is 0 Å². The molecule has 0 amide bonds. The van der Waals surface area contributed by atoms with Gasteiger partial charge < -0.3 is 9.84 Å². The fourth-order valence-corrected chi connectivity index (χ4v) is 1.28. The van der Waals surface area contributed by atoms with Crippen molar-refractivity contribution < 1.29 is 14.6 Å². The van der Waals surface area contributed by atoms with Crippen LogP contribution < -0.4 is 4.74 Å². The summed E-state index contributed by atoms with van der Waals surface area (Å²) >= 11 is 0. The summed E-state index contributed by atoms with van der Waals surface area (Å²) < 4.78 is 5.03. The van der Waals surface area contributed by atoms with Crippen LogP contribution in [0.1, 0.15) is 21.5 Å². The van der Waals surface area contributed by atoms with Crippen molar-refractivity contribution >= 4 is 5.97 Å². The Morgan fingerprint density at radius 1 is 1.31 bits per heavy atom. The van der Waals surface area contributed by atoms with Gasteiger partial charge in [-0.05, 0) is 31.0 Å². The smallest absolute Gasteiger partial charge is 0.336 e. The lowest BCUT2D eigenvalue weighted by atomic mass is 10.1. The summed E-state index contributed by atoms with van der Waals surface area (Å²) in [5.41, 5.74) is 2.00. The summed E-state index contributed by atoms with van der Waals surface area (Å²) in [6.45, 7) is 3.66. The zero-order valence-electron chi connectivity index (χ0n) is 7.92. The van der Waals surface area contributed by atoms with Gasteiger partial charge in [-0.1, -0.05) is 6.07 Å². The molecule has 3 heteroatoms. The average Bonchev–Trinajstić information content (AvgIpc) is 2.03. The number of rotatable bonds is 2. The normalized spacial score (nSPS) is 9.77. The second kappa shape index (κ2) is 3.47. The van der Waals surface area contributed by atoms with Crippen LogP contribution in [0.25, 0.3) is 0 Å². The van der Waals surface area contributed by atoms with Gasteiger partial charge >= 0.3 is 5.97 Å². The molecule has 0 aliphatic heterocycles. The summed E-state index contributed by atoms with van der Waals surface area (Å²) in [5, 5.41) is 8.82. The van der Waals surface area contributed by atoms with Crippen LogP contribution in [0.4, 0.5) is 0 Å². The summed E-state index contributed by atoms with van der Waals surface area (Å²) in [7, 11) is 1.53. The molecule has 0 spiro atoms. The maximum absolute atomic E-state index is 10.7. The second-order valence-electron chi connectivity index (χ2n) is 2.94. The van der Waals surface area contributed by atoms with E-state index in [4.69, 9.17) is 9.84 Å². The van der Waals surface area contributed by atoms with Crippen LogP contribution in [-0.4, -0.2) is 18.2 Å². The third kappa shape index (κ3) is 1.80. The van der Waals surface area contributed by atoms with Crippen LogP contribution in [0.2, 0.25) is 0 Å². The molecular formula is C10H12O3. The van der Waals surface area contributed by atoms with Gasteiger partial charge in [0.25, 0.3) is 0 Å². The van der Waals surface area contributed by atoms with E-state index in [0.717, 1.165) is 11.1 Å². The third-order valence-corrected chi connectivity index (χ3v) is 1.97. The van der Waals surface area contributed by atoms with Gasteiger partial charge in [0.15, 0.2) is 0 Å². The van der Waals surface area contributed by atoms with E-state index in [1.807, 2.05) is 13.0 Å². The van der Waals surface area contributed by atoms with Gasteiger partial charge in [0.1, 0.15) is 5.75 Å². The first-order valence-corrected chi connectivity index (χ1v) is 3.94. The lowest BCUT2D eigenvalue weighted by Gasteiger charge is -2.07. The number of carbonyl (C=O) groups is 1. The standard InChI is InChI=1S/C10H12O3/c1-6-4-7(2)9(13-3)5-8(6)10(11)12/h4-5H,1-3H3,(H,11,12). The third-order valence-electron chi connectivity index (χ3n) is 1.97. The van der Waals surface area contributed by atoms with E-state index in [-0.39, 0.29) is 0 Å². The molecule has 0 aliphatic carbocycles. The molecule has 0 aliphatic rings. The molecule has 13 heavy (non-hydrogen) atoms. The minimum absolute atomic E-state index is 0.294. The van der Waals surface area contributed by atoms with Crippen LogP contribution >= 0.6 is 0 Å². The van der Waals surface area contributed by atoms with E-state index >= 15 is 0 Å². The highest BCUT2D eigenvalue weighted by Gasteiger charge is 2.10. The molecule has 0 heterocycles. The molecule has 0 fully saturated rings. The lowest BCUT2D eigenvalue weighted by Crippen LogP contribution is -2.01. The second-order valence-corrected chi connectivity index (χ2v) is 2.94. The molecule has 0 saturated heterocycles. The topological polar surface area (TPSA) is 46.5 Å². The summed E-state index contributed by atoms with van der Waals surface area (Å²) in [4.78, 5) is 10.7. The Hall–Kier alpha value is -1.51. The molecule has 0 bridgehead atoms. The molecule has 0 saturated carbocycles. The van der Waals surface area contributed by atoms with Gasteiger partial charge in [0.05, 0.1) is 12.7 Å². The maximum Gasteiger partial charge on any atom is 0.336 e. The Balaban J connectivity index is 3.30. The molecule has 0 unspecified atom stereocenters. The fraction of sp³-hybridized carbons (Fsp3) is 0.300. The van der Waals surface area contributed by atoms with Gasteiger partial charge in [-0.15, -0.1) is 0 Å². The Morgan fingerprint density at radius 3 is 2.38 bits per heavy atom. The molecule has 0 aromatic heterocycles. The average molecular weight is 180 g/mol. The van der Waals surface area contributed by atoms with Crippen molar-refractivity contribution in [2.45, 2.75) is 13.8 Å². The molecule has 1 aromatic rings. The number of carboxylic acid groups (broad SMARTS) is 1. The van der Waals surface area contributed by atoms with Crippen LogP contribution in [0.3, 0.4) is 0 Å². The monoisotopic (exact) mass is 180 g/mol. The van der Waals surface area contributed by atoms with Crippen molar-refractivity contribution in [1.82, 2.24) is 0 Å². The predicted octanol–water partition coefficient (Wildman–Crippen LogP) is 2.01. The first kappa shape index (κ1) is 9.58. The molecule has 1 rings (SSSR count). The van der Waals surface area contributed by atoms with Crippen molar-refractivity contribution in [3.63, 3.8) is 0 Å². The molecule has 0 radical (unpaired) electrons. The summed E-state index contributed by atoms with van der Waals surface area (Å²) in [5.74, 6) is -0.307. The Labute approximate surface area is 77.0 Å². The van der Waals surface area contributed by atoms with Crippen LogP contribution in [0.5, 0.6) is 5.75 Å². The predicted molar refractivity (Wildman–Crippen MR) is 49.4 cm³/mol. The molecule has 0 atom stereocenters. The highest BCUT2D eigenvalue weighted by atomic mass is 16.5. The minimum atomic E-state index is -0.921. The number of hydrogen-bond donors (Lipinski definition) is 1. The lowest BCUT2D eigenvalue weighted by molar-refractivity contribution is 0.0695. The molecule has 1 N–H and O–H groups in total. The first-order chi connectivity index (χ1) is 6.06. The largest absolute Gasteiger partial charge is 0.496 e. The molecular weight excluding hydrogens is 168 g/mol. The van der Waals surface area contributed by atoms with Crippen molar-refractivity contribution in [2.75, 3.05) is 7.11 Å². The Morgan fingerprint density at radius 2 is 1.92 bits per heavy atom. The van der Waals surface area contributed by atoms with E-state index in [2.05, 4.69) is 0 Å². The minimum Gasteiger partial charge on any atom is -0.496 e. The zero-order valence-corrected chi connectivity index (χ0v) is 7.92. The highest BCUT2D eigenvalue weighted by molar-refractivity contribution is 5.90. The highest BCUT2D eigenvalue weighted by Crippen LogP contribution is 2.22. The number of hydrogen-bond acceptors (Lipinski definition) is 2. The number of carboxylic acids is 1. The number of aryl methyl sites for hydroxylation is 2. The van der Waals surface area contributed by atoms with E-state index in [1.165, 1.54) is 7.11 Å². The Bertz CT molecular complexity index is 342. The zero-order chi connectivity index (χ0) is 10.0. The van der Waals surface area contributed by atoms with E-state index in [0.29, 0.717) is 11.3 Å². The maximum atomic E-state index is 10.7. The number of ether oxygens (including phenoxy) is 1. The molecule has 70 valence electrons. The van der Waals surface area contributed by atoms with Gasteiger partial charge in [0, 0.05) is 0 Å². The van der Waals surface area contributed by atoms with Gasteiger partial charge in [0.2, 0.25) is 0 Å². The van der Waals surface area contributed by atoms with E-state index in [9.17, 15) is 4.79 Å². The Kier molecular flexibility index (Phi) is 2.56. The van der Waals surface area contributed by atoms with Gasteiger partial charge in [-0.25, -0.2) is 4.79 Å². The molecule has 1 aromatic carbocycles. The van der Waals surface area contributed by atoms with E-state index < -0.39 is 5.97 Å². The quantitative estimate of drug-likeness (QED) is 0.757. The number of methoxy groups -OCH3 is 1. The van der Waals surface area contributed by atoms with Crippen molar-refractivity contribution in [3.8, 4) is 5.75 Å². The number of benzene rings is 1.